The van der Waals surface area contributed by atoms with Crippen LogP contribution in [0.3, 0.4) is 0 Å². The van der Waals surface area contributed by atoms with E-state index >= 15 is 0 Å². The van der Waals surface area contributed by atoms with Gasteiger partial charge >= 0.3 is 6.03 Å². The summed E-state index contributed by atoms with van der Waals surface area (Å²) in [5, 5.41) is 22.5. The summed E-state index contributed by atoms with van der Waals surface area (Å²) in [5.41, 5.74) is 1.29. The number of aliphatic hydroxyl groups excluding tert-OH is 2. The van der Waals surface area contributed by atoms with Crippen LogP contribution in [-0.2, 0) is 0 Å². The summed E-state index contributed by atoms with van der Waals surface area (Å²) >= 11 is 0. The lowest BCUT2D eigenvalue weighted by Gasteiger charge is -2.31. The molecule has 2 saturated heterocycles. The first kappa shape index (κ1) is 16.4. The fraction of sp³-hybridized carbons (Fsp3) is 0.556. The Morgan fingerprint density at radius 3 is 2.40 bits per heavy atom. The molecular weight excluding hydrogens is 322 g/mol. The number of urea groups is 1. The first-order valence-electron chi connectivity index (χ1n) is 8.84. The molecule has 1 aromatic carbocycles. The molecule has 1 aromatic rings. The summed E-state index contributed by atoms with van der Waals surface area (Å²) in [6, 6.07) is 7.02. The lowest BCUT2D eigenvalue weighted by atomic mass is 9.79. The number of benzene rings is 1. The topological polar surface area (TPSA) is 93.1 Å². The summed E-state index contributed by atoms with van der Waals surface area (Å²) in [7, 11) is 0. The van der Waals surface area contributed by atoms with Gasteiger partial charge in [-0.1, -0.05) is 6.07 Å². The molecule has 25 heavy (non-hydrogen) atoms. The zero-order chi connectivity index (χ0) is 17.6. The molecule has 3 amide bonds. The average molecular weight is 345 g/mol. The molecule has 0 radical (unpaired) electrons. The monoisotopic (exact) mass is 345 g/mol. The summed E-state index contributed by atoms with van der Waals surface area (Å²) in [6.45, 7) is 2.43. The molecule has 3 aliphatic rings. The Bertz CT molecular complexity index is 677. The molecule has 7 nitrogen and oxygen atoms in total. The quantitative estimate of drug-likeness (QED) is 0.724. The number of carbonyl (C=O) groups is 2. The van der Waals surface area contributed by atoms with E-state index in [4.69, 9.17) is 0 Å². The molecule has 0 unspecified atom stereocenters. The van der Waals surface area contributed by atoms with Gasteiger partial charge in [-0.3, -0.25) is 9.69 Å². The Balaban J connectivity index is 1.49. The van der Waals surface area contributed by atoms with E-state index in [2.05, 4.69) is 5.32 Å². The van der Waals surface area contributed by atoms with Gasteiger partial charge < -0.3 is 20.4 Å². The van der Waals surface area contributed by atoms with Gasteiger partial charge in [0.1, 0.15) is 0 Å². The van der Waals surface area contributed by atoms with Crippen LogP contribution in [-0.4, -0.2) is 65.4 Å². The van der Waals surface area contributed by atoms with Crippen molar-refractivity contribution in [3.8, 4) is 0 Å². The molecule has 2 aliphatic heterocycles. The van der Waals surface area contributed by atoms with Crippen LogP contribution in [0.15, 0.2) is 24.3 Å². The average Bonchev–Trinajstić information content (AvgIpc) is 3.21. The Labute approximate surface area is 146 Å². The molecule has 2 heterocycles. The number of hydrogen-bond donors (Lipinski definition) is 3. The minimum Gasteiger partial charge on any atom is -0.390 e. The number of nitrogens with zero attached hydrogens (tertiary/aromatic N) is 2. The van der Waals surface area contributed by atoms with E-state index in [9.17, 15) is 19.8 Å². The van der Waals surface area contributed by atoms with Crippen molar-refractivity contribution in [2.45, 2.75) is 25.0 Å². The highest BCUT2D eigenvalue weighted by Crippen LogP contribution is 2.37. The zero-order valence-corrected chi connectivity index (χ0v) is 14.0. The van der Waals surface area contributed by atoms with Crippen molar-refractivity contribution in [3.63, 3.8) is 0 Å². The van der Waals surface area contributed by atoms with E-state index in [1.165, 1.54) is 0 Å². The number of hydrogen-bond acceptors (Lipinski definition) is 4. The zero-order valence-electron chi connectivity index (χ0n) is 14.0. The van der Waals surface area contributed by atoms with Crippen molar-refractivity contribution in [2.75, 3.05) is 31.1 Å². The summed E-state index contributed by atoms with van der Waals surface area (Å²) in [6.07, 6.45) is -0.283. The van der Waals surface area contributed by atoms with Gasteiger partial charge in [-0.15, -0.1) is 0 Å². The molecule has 0 bridgehead atoms. The molecule has 4 atom stereocenters. The van der Waals surface area contributed by atoms with Crippen LogP contribution in [0.4, 0.5) is 10.5 Å². The second-order valence-electron chi connectivity index (χ2n) is 7.27. The lowest BCUT2D eigenvalue weighted by molar-refractivity contribution is -0.0372. The highest BCUT2D eigenvalue weighted by atomic mass is 16.3. The molecule has 134 valence electrons. The third-order valence-corrected chi connectivity index (χ3v) is 5.66. The minimum atomic E-state index is -0.687. The smallest absolute Gasteiger partial charge is 0.321 e. The molecule has 3 N–H and O–H groups in total. The van der Waals surface area contributed by atoms with E-state index in [0.29, 0.717) is 44.6 Å². The lowest BCUT2D eigenvalue weighted by Crippen LogP contribution is -2.38. The van der Waals surface area contributed by atoms with Gasteiger partial charge in [0.25, 0.3) is 5.91 Å². The van der Waals surface area contributed by atoms with Crippen LogP contribution in [0, 0.1) is 11.8 Å². The molecule has 0 spiro atoms. The van der Waals surface area contributed by atoms with Crippen LogP contribution >= 0.6 is 0 Å². The second kappa shape index (κ2) is 6.31. The number of likely N-dealkylation sites (tertiary alicyclic amines) is 1. The van der Waals surface area contributed by atoms with Gasteiger partial charge in [-0.25, -0.2) is 4.79 Å². The Morgan fingerprint density at radius 1 is 1.12 bits per heavy atom. The third-order valence-electron chi connectivity index (χ3n) is 5.66. The molecule has 4 rings (SSSR count). The van der Waals surface area contributed by atoms with Gasteiger partial charge in [0.05, 0.1) is 12.2 Å². The second-order valence-corrected chi connectivity index (χ2v) is 7.27. The SMILES string of the molecule is O=C(c1cccc(N2CCNC2=O)c1)N1C[C@H]2C[C@@H](O)[C@H](O)C[C@H]2C1. The summed E-state index contributed by atoms with van der Waals surface area (Å²) in [4.78, 5) is 28.1. The highest BCUT2D eigenvalue weighted by molar-refractivity contribution is 5.98. The maximum absolute atomic E-state index is 12.9. The van der Waals surface area contributed by atoms with Crippen molar-refractivity contribution in [2.24, 2.45) is 11.8 Å². The van der Waals surface area contributed by atoms with E-state index in [-0.39, 0.29) is 23.8 Å². The highest BCUT2D eigenvalue weighted by Gasteiger charge is 2.42. The predicted octanol–water partition coefficient (Wildman–Crippen LogP) is 0.420. The molecule has 1 aliphatic carbocycles. The van der Waals surface area contributed by atoms with Gasteiger partial charge in [0.15, 0.2) is 0 Å². The van der Waals surface area contributed by atoms with Crippen molar-refractivity contribution in [3.05, 3.63) is 29.8 Å². The van der Waals surface area contributed by atoms with E-state index < -0.39 is 12.2 Å². The molecule has 1 saturated carbocycles. The van der Waals surface area contributed by atoms with Crippen LogP contribution in [0.2, 0.25) is 0 Å². The minimum absolute atomic E-state index is 0.0557. The first-order valence-corrected chi connectivity index (χ1v) is 8.84. The predicted molar refractivity (Wildman–Crippen MR) is 91.3 cm³/mol. The maximum Gasteiger partial charge on any atom is 0.321 e. The summed E-state index contributed by atoms with van der Waals surface area (Å²) in [5.74, 6) is 0.435. The number of aliphatic hydroxyl groups is 2. The molecular formula is C18H23N3O4. The molecule has 3 fully saturated rings. The van der Waals surface area contributed by atoms with Gasteiger partial charge in [0.2, 0.25) is 0 Å². The summed E-state index contributed by atoms with van der Waals surface area (Å²) < 4.78 is 0. The number of carbonyl (C=O) groups excluding carboxylic acids is 2. The largest absolute Gasteiger partial charge is 0.390 e. The van der Waals surface area contributed by atoms with Crippen LogP contribution < -0.4 is 10.2 Å². The van der Waals surface area contributed by atoms with Crippen molar-refractivity contribution < 1.29 is 19.8 Å². The van der Waals surface area contributed by atoms with E-state index in [0.717, 1.165) is 5.69 Å². The standard InChI is InChI=1S/C18H23N3O4/c22-15-7-12-9-20(10-13(12)8-16(15)23)17(24)11-2-1-3-14(6-11)21-5-4-19-18(21)25/h1-3,6,12-13,15-16,22-23H,4-5,7-10H2,(H,19,25)/t12-,13+,15-,16-/m1/s1. The normalized spacial score (nSPS) is 31.8. The fourth-order valence-electron chi connectivity index (χ4n) is 4.28. The maximum atomic E-state index is 12.9. The number of nitrogens with one attached hydrogen (secondary N) is 1. The van der Waals surface area contributed by atoms with Crippen LogP contribution in [0.1, 0.15) is 23.2 Å². The third kappa shape index (κ3) is 2.98. The van der Waals surface area contributed by atoms with Gasteiger partial charge in [-0.05, 0) is 42.9 Å². The van der Waals surface area contributed by atoms with Gasteiger partial charge in [-0.2, -0.15) is 0 Å². The first-order chi connectivity index (χ1) is 12.0. The van der Waals surface area contributed by atoms with Crippen LogP contribution in [0.5, 0.6) is 0 Å². The molecule has 7 heteroatoms. The number of amides is 3. The number of anilines is 1. The van der Waals surface area contributed by atoms with Crippen molar-refractivity contribution >= 4 is 17.6 Å². The Kier molecular flexibility index (Phi) is 4.13. The number of rotatable bonds is 2. The van der Waals surface area contributed by atoms with Crippen molar-refractivity contribution in [1.82, 2.24) is 10.2 Å². The molecule has 0 aromatic heterocycles. The Morgan fingerprint density at radius 2 is 1.80 bits per heavy atom. The van der Waals surface area contributed by atoms with Crippen LogP contribution in [0.25, 0.3) is 0 Å². The number of fused-ring (bicyclic) bond motifs is 1. The van der Waals surface area contributed by atoms with E-state index in [1.54, 1.807) is 23.1 Å². The van der Waals surface area contributed by atoms with Gasteiger partial charge in [0, 0.05) is 37.4 Å². The van der Waals surface area contributed by atoms with E-state index in [1.807, 2.05) is 11.0 Å². The fourth-order valence-corrected chi connectivity index (χ4v) is 4.28. The van der Waals surface area contributed by atoms with Crippen molar-refractivity contribution in [1.29, 1.82) is 0 Å². The Hall–Kier alpha value is -2.12.